The maximum atomic E-state index is 3.93. The van der Waals surface area contributed by atoms with Crippen molar-refractivity contribution in [1.82, 2.24) is 10.2 Å². The third-order valence-corrected chi connectivity index (χ3v) is 5.03. The second-order valence-electron chi connectivity index (χ2n) is 6.22. The standard InChI is InChI=1S/C18H24N2S/c1-20(2)13-16(14-7-4-3-5-8-14)19-18(15-10-11-15)17-9-6-12-21-17/h3-9,12,15-16,18-19H,10-11,13H2,1-2H3. The zero-order valence-corrected chi connectivity index (χ0v) is 13.6. The van der Waals surface area contributed by atoms with Crippen LogP contribution in [0.3, 0.4) is 0 Å². The Morgan fingerprint density at radius 2 is 1.90 bits per heavy atom. The number of nitrogens with zero attached hydrogens (tertiary/aromatic N) is 1. The van der Waals surface area contributed by atoms with Gasteiger partial charge in [-0.25, -0.2) is 0 Å². The molecule has 3 heteroatoms. The van der Waals surface area contributed by atoms with Gasteiger partial charge in [0.15, 0.2) is 0 Å². The van der Waals surface area contributed by atoms with Crippen molar-refractivity contribution in [2.24, 2.45) is 5.92 Å². The summed E-state index contributed by atoms with van der Waals surface area (Å²) in [6.45, 7) is 1.03. The molecule has 1 aliphatic carbocycles. The van der Waals surface area contributed by atoms with Crippen molar-refractivity contribution in [2.45, 2.75) is 24.9 Å². The molecule has 2 nitrogen and oxygen atoms in total. The molecule has 1 aliphatic rings. The van der Waals surface area contributed by atoms with E-state index in [0.717, 1.165) is 12.5 Å². The summed E-state index contributed by atoms with van der Waals surface area (Å²) in [5.74, 6) is 0.817. The van der Waals surface area contributed by atoms with E-state index in [1.54, 1.807) is 0 Å². The van der Waals surface area contributed by atoms with E-state index in [1.807, 2.05) is 11.3 Å². The lowest BCUT2D eigenvalue weighted by molar-refractivity contribution is 0.311. The van der Waals surface area contributed by atoms with E-state index in [2.05, 4.69) is 72.2 Å². The van der Waals surface area contributed by atoms with E-state index in [-0.39, 0.29) is 0 Å². The summed E-state index contributed by atoms with van der Waals surface area (Å²) in [5.41, 5.74) is 1.38. The minimum Gasteiger partial charge on any atom is -0.308 e. The molecule has 1 aromatic carbocycles. The normalized spacial score (nSPS) is 17.9. The van der Waals surface area contributed by atoms with Gasteiger partial charge in [-0.3, -0.25) is 0 Å². The number of nitrogens with one attached hydrogen (secondary N) is 1. The Bertz CT molecular complexity index is 532. The van der Waals surface area contributed by atoms with Gasteiger partial charge in [-0.2, -0.15) is 0 Å². The highest BCUT2D eigenvalue weighted by atomic mass is 32.1. The lowest BCUT2D eigenvalue weighted by atomic mass is 10.0. The number of likely N-dealkylation sites (N-methyl/N-ethyl adjacent to an activating group) is 1. The SMILES string of the molecule is CN(C)CC(NC(c1cccs1)C1CC1)c1ccccc1. The van der Waals surface area contributed by atoms with E-state index in [9.17, 15) is 0 Å². The second kappa shape index (κ2) is 6.73. The number of rotatable bonds is 7. The van der Waals surface area contributed by atoms with Gasteiger partial charge in [-0.1, -0.05) is 36.4 Å². The van der Waals surface area contributed by atoms with Crippen LogP contribution in [0, 0.1) is 5.92 Å². The molecule has 112 valence electrons. The van der Waals surface area contributed by atoms with E-state index in [1.165, 1.54) is 23.3 Å². The van der Waals surface area contributed by atoms with Crippen LogP contribution in [-0.2, 0) is 0 Å². The van der Waals surface area contributed by atoms with Crippen LogP contribution < -0.4 is 5.32 Å². The molecule has 0 bridgehead atoms. The quantitative estimate of drug-likeness (QED) is 0.828. The maximum Gasteiger partial charge on any atom is 0.0454 e. The largest absolute Gasteiger partial charge is 0.308 e. The van der Waals surface area contributed by atoms with Crippen LogP contribution in [-0.4, -0.2) is 25.5 Å². The van der Waals surface area contributed by atoms with Crippen molar-refractivity contribution >= 4 is 11.3 Å². The molecule has 0 radical (unpaired) electrons. The number of hydrogen-bond acceptors (Lipinski definition) is 3. The number of thiophene rings is 1. The third-order valence-electron chi connectivity index (χ3n) is 4.07. The monoisotopic (exact) mass is 300 g/mol. The van der Waals surface area contributed by atoms with Crippen molar-refractivity contribution in [1.29, 1.82) is 0 Å². The molecule has 0 spiro atoms. The average molecular weight is 300 g/mol. The average Bonchev–Trinajstić information content (AvgIpc) is 3.18. The molecule has 1 fully saturated rings. The van der Waals surface area contributed by atoms with Gasteiger partial charge in [0.1, 0.15) is 0 Å². The Hall–Kier alpha value is -1.16. The fourth-order valence-corrected chi connectivity index (χ4v) is 3.75. The fraction of sp³-hybridized carbons (Fsp3) is 0.444. The first-order chi connectivity index (χ1) is 10.2. The third kappa shape index (κ3) is 3.94. The lowest BCUT2D eigenvalue weighted by Crippen LogP contribution is -2.34. The minimum absolute atomic E-state index is 0.383. The van der Waals surface area contributed by atoms with Gasteiger partial charge in [0.25, 0.3) is 0 Å². The summed E-state index contributed by atoms with van der Waals surface area (Å²) in [4.78, 5) is 3.75. The molecule has 21 heavy (non-hydrogen) atoms. The van der Waals surface area contributed by atoms with E-state index in [0.29, 0.717) is 12.1 Å². The first-order valence-corrected chi connectivity index (χ1v) is 8.61. The van der Waals surface area contributed by atoms with Gasteiger partial charge >= 0.3 is 0 Å². The molecular weight excluding hydrogens is 276 g/mol. The first kappa shape index (κ1) is 14.8. The van der Waals surface area contributed by atoms with Gasteiger partial charge in [0.2, 0.25) is 0 Å². The van der Waals surface area contributed by atoms with Crippen LogP contribution in [0.15, 0.2) is 47.8 Å². The predicted molar refractivity (Wildman–Crippen MR) is 90.7 cm³/mol. The Morgan fingerprint density at radius 1 is 1.14 bits per heavy atom. The number of hydrogen-bond donors (Lipinski definition) is 1. The predicted octanol–water partition coefficient (Wildman–Crippen LogP) is 4.09. The smallest absolute Gasteiger partial charge is 0.0454 e. The molecule has 3 rings (SSSR count). The highest BCUT2D eigenvalue weighted by Crippen LogP contribution is 2.43. The van der Waals surface area contributed by atoms with Crippen LogP contribution in [0.25, 0.3) is 0 Å². The summed E-state index contributed by atoms with van der Waals surface area (Å²) in [6.07, 6.45) is 2.72. The zero-order valence-electron chi connectivity index (χ0n) is 12.8. The maximum absolute atomic E-state index is 3.93. The summed E-state index contributed by atoms with van der Waals surface area (Å²) in [7, 11) is 4.30. The van der Waals surface area contributed by atoms with Crippen molar-refractivity contribution in [3.63, 3.8) is 0 Å². The zero-order chi connectivity index (χ0) is 14.7. The Labute approximate surface area is 131 Å². The molecular formula is C18H24N2S. The molecule has 0 amide bonds. The molecule has 0 saturated heterocycles. The van der Waals surface area contributed by atoms with Crippen LogP contribution in [0.2, 0.25) is 0 Å². The summed E-state index contributed by atoms with van der Waals surface area (Å²) >= 11 is 1.88. The molecule has 2 unspecified atom stereocenters. The Balaban J connectivity index is 1.79. The van der Waals surface area contributed by atoms with Gasteiger partial charge in [-0.15, -0.1) is 11.3 Å². The molecule has 1 aromatic heterocycles. The molecule has 1 N–H and O–H groups in total. The second-order valence-corrected chi connectivity index (χ2v) is 7.20. The summed E-state index contributed by atoms with van der Waals surface area (Å²) in [6, 6.07) is 16.2. The van der Waals surface area contributed by atoms with Crippen molar-refractivity contribution in [2.75, 3.05) is 20.6 Å². The molecule has 0 aliphatic heterocycles. The van der Waals surface area contributed by atoms with Gasteiger partial charge in [0, 0.05) is 23.5 Å². The van der Waals surface area contributed by atoms with Crippen molar-refractivity contribution < 1.29 is 0 Å². The van der Waals surface area contributed by atoms with Gasteiger partial charge in [0.05, 0.1) is 0 Å². The van der Waals surface area contributed by atoms with E-state index < -0.39 is 0 Å². The highest BCUT2D eigenvalue weighted by molar-refractivity contribution is 7.10. The first-order valence-electron chi connectivity index (χ1n) is 7.73. The Morgan fingerprint density at radius 3 is 2.48 bits per heavy atom. The molecule has 2 atom stereocenters. The van der Waals surface area contributed by atoms with E-state index >= 15 is 0 Å². The minimum atomic E-state index is 0.383. The Kier molecular flexibility index (Phi) is 4.73. The van der Waals surface area contributed by atoms with Crippen LogP contribution >= 0.6 is 11.3 Å². The van der Waals surface area contributed by atoms with Crippen LogP contribution in [0.4, 0.5) is 0 Å². The van der Waals surface area contributed by atoms with E-state index in [4.69, 9.17) is 0 Å². The molecule has 1 heterocycles. The van der Waals surface area contributed by atoms with Gasteiger partial charge < -0.3 is 10.2 Å². The molecule has 2 aromatic rings. The summed E-state index contributed by atoms with van der Waals surface area (Å²) in [5, 5.41) is 6.13. The highest BCUT2D eigenvalue weighted by Gasteiger charge is 2.34. The summed E-state index contributed by atoms with van der Waals surface area (Å²) < 4.78 is 0. The topological polar surface area (TPSA) is 15.3 Å². The van der Waals surface area contributed by atoms with Gasteiger partial charge in [-0.05, 0) is 49.9 Å². The van der Waals surface area contributed by atoms with Crippen molar-refractivity contribution in [3.05, 3.63) is 58.3 Å². The van der Waals surface area contributed by atoms with Crippen molar-refractivity contribution in [3.8, 4) is 0 Å². The van der Waals surface area contributed by atoms with Crippen LogP contribution in [0.5, 0.6) is 0 Å². The molecule has 1 saturated carbocycles. The number of benzene rings is 1. The van der Waals surface area contributed by atoms with Crippen LogP contribution in [0.1, 0.15) is 35.4 Å². The fourth-order valence-electron chi connectivity index (χ4n) is 2.87. The lowest BCUT2D eigenvalue weighted by Gasteiger charge is -2.28.